The summed E-state index contributed by atoms with van der Waals surface area (Å²) in [6.45, 7) is 3.05. The van der Waals surface area contributed by atoms with Crippen molar-refractivity contribution < 1.29 is 0 Å². The molecule has 0 aromatic carbocycles. The van der Waals surface area contributed by atoms with Crippen LogP contribution >= 0.6 is 12.2 Å². The van der Waals surface area contributed by atoms with Crippen molar-refractivity contribution in [2.75, 3.05) is 0 Å². The van der Waals surface area contributed by atoms with Crippen LogP contribution in [0.25, 0.3) is 0 Å². The van der Waals surface area contributed by atoms with Gasteiger partial charge in [-0.15, -0.1) is 0 Å². The van der Waals surface area contributed by atoms with Gasteiger partial charge in [0.25, 0.3) is 0 Å². The van der Waals surface area contributed by atoms with Gasteiger partial charge in [-0.25, -0.2) is 0 Å². The van der Waals surface area contributed by atoms with Crippen LogP contribution in [0.5, 0.6) is 0 Å². The molecule has 2 rings (SSSR count). The summed E-state index contributed by atoms with van der Waals surface area (Å²) in [6.07, 6.45) is 9.44. The van der Waals surface area contributed by atoms with Crippen molar-refractivity contribution in [2.45, 2.75) is 58.4 Å². The van der Waals surface area contributed by atoms with Gasteiger partial charge in [-0.3, -0.25) is 5.10 Å². The molecule has 1 N–H and O–H groups in total. The van der Waals surface area contributed by atoms with Gasteiger partial charge in [-0.05, 0) is 25.1 Å². The summed E-state index contributed by atoms with van der Waals surface area (Å²) in [5, 5.41) is 7.27. The zero-order valence-corrected chi connectivity index (χ0v) is 10.9. The Balaban J connectivity index is 2.04. The van der Waals surface area contributed by atoms with Crippen LogP contribution in [-0.2, 0) is 13.0 Å². The minimum atomic E-state index is 0.770. The van der Waals surface area contributed by atoms with E-state index >= 15 is 0 Å². The average molecular weight is 239 g/mol. The first-order valence-electron chi connectivity index (χ1n) is 6.45. The van der Waals surface area contributed by atoms with Crippen LogP contribution in [0.1, 0.15) is 51.3 Å². The van der Waals surface area contributed by atoms with Crippen molar-refractivity contribution in [3.63, 3.8) is 0 Å². The molecule has 0 amide bonds. The van der Waals surface area contributed by atoms with Crippen LogP contribution in [0.3, 0.4) is 0 Å². The normalized spacial score (nSPS) is 18.6. The zero-order valence-electron chi connectivity index (χ0n) is 10.0. The molecule has 1 heterocycles. The maximum atomic E-state index is 5.21. The Morgan fingerprint density at radius 3 is 2.62 bits per heavy atom. The van der Waals surface area contributed by atoms with Gasteiger partial charge in [0.2, 0.25) is 0 Å². The number of aromatic amines is 1. The van der Waals surface area contributed by atoms with E-state index in [0.29, 0.717) is 0 Å². The molecule has 1 aromatic rings. The van der Waals surface area contributed by atoms with E-state index in [-0.39, 0.29) is 0 Å². The summed E-state index contributed by atoms with van der Waals surface area (Å²) in [6, 6.07) is 0. The zero-order chi connectivity index (χ0) is 11.4. The van der Waals surface area contributed by atoms with E-state index in [1.165, 1.54) is 38.5 Å². The largest absolute Gasteiger partial charge is 0.304 e. The Kier molecular flexibility index (Phi) is 4.16. The highest BCUT2D eigenvalue weighted by Crippen LogP contribution is 2.25. The van der Waals surface area contributed by atoms with Gasteiger partial charge in [0.15, 0.2) is 4.77 Å². The van der Waals surface area contributed by atoms with E-state index in [1.807, 2.05) is 0 Å². The first kappa shape index (κ1) is 11.8. The van der Waals surface area contributed by atoms with E-state index in [0.717, 1.165) is 29.5 Å². The van der Waals surface area contributed by atoms with E-state index in [4.69, 9.17) is 12.2 Å². The molecule has 3 nitrogen and oxygen atoms in total. The smallest absolute Gasteiger partial charge is 0.195 e. The van der Waals surface area contributed by atoms with Gasteiger partial charge in [0, 0.05) is 13.0 Å². The Labute approximate surface area is 102 Å². The van der Waals surface area contributed by atoms with Crippen molar-refractivity contribution in [3.05, 3.63) is 10.6 Å². The van der Waals surface area contributed by atoms with E-state index in [1.54, 1.807) is 0 Å². The highest BCUT2D eigenvalue weighted by molar-refractivity contribution is 7.71. The van der Waals surface area contributed by atoms with Crippen LogP contribution in [0, 0.1) is 10.7 Å². The van der Waals surface area contributed by atoms with Crippen molar-refractivity contribution in [2.24, 2.45) is 5.92 Å². The summed E-state index contributed by atoms with van der Waals surface area (Å²) in [5.74, 6) is 1.97. The van der Waals surface area contributed by atoms with Gasteiger partial charge in [0.05, 0.1) is 0 Å². The molecule has 1 aromatic heterocycles. The number of hydrogen-bond donors (Lipinski definition) is 1. The van der Waals surface area contributed by atoms with Crippen LogP contribution in [0.15, 0.2) is 0 Å². The minimum absolute atomic E-state index is 0.770. The van der Waals surface area contributed by atoms with Gasteiger partial charge in [0.1, 0.15) is 5.82 Å². The lowest BCUT2D eigenvalue weighted by Gasteiger charge is -2.13. The molecule has 16 heavy (non-hydrogen) atoms. The predicted molar refractivity (Wildman–Crippen MR) is 68.0 cm³/mol. The standard InChI is InChI=1S/C12H21N3S/c1-2-15-11(13-14-12(15)16)9-10-7-5-3-4-6-8-10/h10H,2-9H2,1H3,(H,14,16). The number of hydrogen-bond acceptors (Lipinski definition) is 2. The molecule has 0 unspecified atom stereocenters. The molecule has 0 atom stereocenters. The third kappa shape index (κ3) is 2.73. The molecule has 1 saturated carbocycles. The monoisotopic (exact) mass is 239 g/mol. The fourth-order valence-corrected chi connectivity index (χ4v) is 2.94. The molecule has 90 valence electrons. The van der Waals surface area contributed by atoms with Crippen molar-refractivity contribution in [1.82, 2.24) is 14.8 Å². The lowest BCUT2D eigenvalue weighted by atomic mass is 9.96. The van der Waals surface area contributed by atoms with Gasteiger partial charge < -0.3 is 4.57 Å². The summed E-state index contributed by atoms with van der Waals surface area (Å²) in [4.78, 5) is 0. The van der Waals surface area contributed by atoms with Crippen molar-refractivity contribution in [1.29, 1.82) is 0 Å². The molecule has 0 aliphatic heterocycles. The Morgan fingerprint density at radius 1 is 1.31 bits per heavy atom. The van der Waals surface area contributed by atoms with Crippen molar-refractivity contribution in [3.8, 4) is 0 Å². The Hall–Kier alpha value is -0.640. The maximum Gasteiger partial charge on any atom is 0.195 e. The number of H-pyrrole nitrogens is 1. The van der Waals surface area contributed by atoms with Gasteiger partial charge in [-0.2, -0.15) is 5.10 Å². The topological polar surface area (TPSA) is 33.6 Å². The highest BCUT2D eigenvalue weighted by atomic mass is 32.1. The molecule has 1 aliphatic carbocycles. The molecule has 1 aliphatic rings. The highest BCUT2D eigenvalue weighted by Gasteiger charge is 2.15. The molecule has 0 radical (unpaired) electrons. The van der Waals surface area contributed by atoms with Gasteiger partial charge >= 0.3 is 0 Å². The molecular weight excluding hydrogens is 218 g/mol. The quantitative estimate of drug-likeness (QED) is 0.647. The third-order valence-electron chi connectivity index (χ3n) is 3.60. The van der Waals surface area contributed by atoms with E-state index < -0.39 is 0 Å². The number of aromatic nitrogens is 3. The summed E-state index contributed by atoms with van der Waals surface area (Å²) in [7, 11) is 0. The van der Waals surface area contributed by atoms with Crippen LogP contribution in [0.2, 0.25) is 0 Å². The average Bonchev–Trinajstić information content (AvgIpc) is 2.51. The second kappa shape index (κ2) is 5.62. The molecule has 1 fully saturated rings. The molecule has 0 bridgehead atoms. The second-order valence-corrected chi connectivity index (χ2v) is 5.14. The molecule has 0 spiro atoms. The SMILES string of the molecule is CCn1c(CC2CCCCCC2)n[nH]c1=S. The fourth-order valence-electron chi connectivity index (χ4n) is 2.66. The van der Waals surface area contributed by atoms with E-state index in [2.05, 4.69) is 21.7 Å². The second-order valence-electron chi connectivity index (χ2n) is 4.75. The van der Waals surface area contributed by atoms with Crippen molar-refractivity contribution >= 4 is 12.2 Å². The van der Waals surface area contributed by atoms with Gasteiger partial charge in [-0.1, -0.05) is 38.5 Å². The summed E-state index contributed by atoms with van der Waals surface area (Å²) >= 11 is 5.21. The predicted octanol–water partition coefficient (Wildman–Crippen LogP) is 3.47. The lowest BCUT2D eigenvalue weighted by molar-refractivity contribution is 0.439. The van der Waals surface area contributed by atoms with Crippen LogP contribution in [0.4, 0.5) is 0 Å². The first-order chi connectivity index (χ1) is 7.81. The minimum Gasteiger partial charge on any atom is -0.304 e. The summed E-state index contributed by atoms with van der Waals surface area (Å²) in [5.41, 5.74) is 0. The number of rotatable bonds is 3. The third-order valence-corrected chi connectivity index (χ3v) is 3.91. The number of nitrogens with zero attached hydrogens (tertiary/aromatic N) is 2. The number of nitrogens with one attached hydrogen (secondary N) is 1. The molecule has 4 heteroatoms. The first-order valence-corrected chi connectivity index (χ1v) is 6.86. The molecular formula is C12H21N3S. The summed E-state index contributed by atoms with van der Waals surface area (Å²) < 4.78 is 2.89. The van der Waals surface area contributed by atoms with Crippen LogP contribution in [-0.4, -0.2) is 14.8 Å². The fraction of sp³-hybridized carbons (Fsp3) is 0.833. The lowest BCUT2D eigenvalue weighted by Crippen LogP contribution is -2.09. The maximum absolute atomic E-state index is 5.21. The van der Waals surface area contributed by atoms with E-state index in [9.17, 15) is 0 Å². The molecule has 0 saturated heterocycles. The Morgan fingerprint density at radius 2 is 2.00 bits per heavy atom. The van der Waals surface area contributed by atoms with Crippen LogP contribution < -0.4 is 0 Å². The Bertz CT molecular complexity index is 372.